The third kappa shape index (κ3) is 6.64. The second kappa shape index (κ2) is 6.97. The van der Waals surface area contributed by atoms with Gasteiger partial charge in [-0.25, -0.2) is 4.79 Å². The van der Waals surface area contributed by atoms with Gasteiger partial charge in [-0.3, -0.25) is 4.79 Å². The summed E-state index contributed by atoms with van der Waals surface area (Å²) < 4.78 is 4.61. The molecule has 1 unspecified atom stereocenters. The summed E-state index contributed by atoms with van der Waals surface area (Å²) in [5.41, 5.74) is 5.02. The van der Waals surface area contributed by atoms with Gasteiger partial charge in [0.25, 0.3) is 0 Å². The largest absolute Gasteiger partial charge is 0.481 e. The zero-order chi connectivity index (χ0) is 11.8. The first-order valence-corrected chi connectivity index (χ1v) is 4.42. The van der Waals surface area contributed by atoms with E-state index in [1.165, 1.54) is 0 Å². The number of carboxylic acids is 1. The van der Waals surface area contributed by atoms with Crippen LogP contribution in [0.2, 0.25) is 0 Å². The van der Waals surface area contributed by atoms with Crippen LogP contribution in [0.1, 0.15) is 12.8 Å². The molecular weight excluding hydrogens is 202 g/mol. The zero-order valence-corrected chi connectivity index (χ0v) is 8.31. The van der Waals surface area contributed by atoms with Crippen LogP contribution in [0.3, 0.4) is 0 Å². The summed E-state index contributed by atoms with van der Waals surface area (Å²) in [7, 11) is 0. The molecule has 0 spiro atoms. The van der Waals surface area contributed by atoms with E-state index in [1.807, 2.05) is 0 Å². The Bertz CT molecular complexity index is 251. The van der Waals surface area contributed by atoms with Gasteiger partial charge in [-0.15, -0.1) is 0 Å². The van der Waals surface area contributed by atoms with Crippen molar-refractivity contribution in [3.63, 3.8) is 0 Å². The number of nitrogens with two attached hydrogens (primary N) is 1. The standard InChI is InChI=1S/C9H15NO5/c1-6(4-8(12)13)9(14)15-5-7(11)2-3-10/h7,11H,1-5,10H2,(H,12,13). The van der Waals surface area contributed by atoms with Gasteiger partial charge in [0, 0.05) is 5.57 Å². The normalized spacial score (nSPS) is 11.9. The number of ether oxygens (including phenoxy) is 1. The maximum absolute atomic E-state index is 11.1. The predicted molar refractivity (Wildman–Crippen MR) is 52.0 cm³/mol. The Morgan fingerprint density at radius 3 is 2.53 bits per heavy atom. The zero-order valence-electron chi connectivity index (χ0n) is 8.31. The SMILES string of the molecule is C=C(CC(=O)O)C(=O)OCC(O)CCN. The lowest BCUT2D eigenvalue weighted by Crippen LogP contribution is -2.22. The first-order valence-electron chi connectivity index (χ1n) is 4.42. The van der Waals surface area contributed by atoms with Crippen LogP contribution in [0.15, 0.2) is 12.2 Å². The lowest BCUT2D eigenvalue weighted by molar-refractivity contribution is -0.144. The molecule has 86 valence electrons. The van der Waals surface area contributed by atoms with Crippen LogP contribution in [0.4, 0.5) is 0 Å². The van der Waals surface area contributed by atoms with Gasteiger partial charge in [0.15, 0.2) is 0 Å². The first kappa shape index (κ1) is 13.6. The average Bonchev–Trinajstić information content (AvgIpc) is 2.13. The van der Waals surface area contributed by atoms with Crippen LogP contribution in [0.25, 0.3) is 0 Å². The minimum absolute atomic E-state index is 0.151. The van der Waals surface area contributed by atoms with Crippen molar-refractivity contribution in [1.82, 2.24) is 0 Å². The van der Waals surface area contributed by atoms with Gasteiger partial charge >= 0.3 is 11.9 Å². The molecule has 6 heteroatoms. The highest BCUT2D eigenvalue weighted by molar-refractivity contribution is 5.92. The van der Waals surface area contributed by atoms with Gasteiger partial charge in [0.1, 0.15) is 6.61 Å². The quantitative estimate of drug-likeness (QED) is 0.383. The van der Waals surface area contributed by atoms with E-state index < -0.39 is 24.5 Å². The Kier molecular flexibility index (Phi) is 6.32. The molecule has 0 rings (SSSR count). The highest BCUT2D eigenvalue weighted by Crippen LogP contribution is 2.02. The molecular formula is C9H15NO5. The summed E-state index contributed by atoms with van der Waals surface area (Å²) in [4.78, 5) is 21.3. The molecule has 0 aliphatic rings. The molecule has 0 aliphatic heterocycles. The minimum Gasteiger partial charge on any atom is -0.481 e. The van der Waals surface area contributed by atoms with Gasteiger partial charge in [-0.05, 0) is 13.0 Å². The molecule has 0 bridgehead atoms. The fourth-order valence-electron chi connectivity index (χ4n) is 0.804. The number of aliphatic carboxylic acids is 1. The predicted octanol–water partition coefficient (Wildman–Crippen LogP) is -0.730. The smallest absolute Gasteiger partial charge is 0.334 e. The Morgan fingerprint density at radius 1 is 1.47 bits per heavy atom. The molecule has 4 N–H and O–H groups in total. The van der Waals surface area contributed by atoms with Crippen molar-refractivity contribution < 1.29 is 24.5 Å². The van der Waals surface area contributed by atoms with Crippen LogP contribution in [-0.4, -0.2) is 41.4 Å². The summed E-state index contributed by atoms with van der Waals surface area (Å²) in [6, 6.07) is 0. The highest BCUT2D eigenvalue weighted by Gasteiger charge is 2.13. The van der Waals surface area contributed by atoms with E-state index >= 15 is 0 Å². The van der Waals surface area contributed by atoms with Crippen molar-refractivity contribution in [2.45, 2.75) is 18.9 Å². The number of aliphatic hydroxyl groups excluding tert-OH is 1. The molecule has 0 saturated carbocycles. The molecule has 0 aromatic carbocycles. The van der Waals surface area contributed by atoms with Crippen LogP contribution in [0, 0.1) is 0 Å². The van der Waals surface area contributed by atoms with Crippen molar-refractivity contribution in [2.75, 3.05) is 13.2 Å². The summed E-state index contributed by atoms with van der Waals surface area (Å²) in [6.07, 6.45) is -0.971. The maximum Gasteiger partial charge on any atom is 0.334 e. The maximum atomic E-state index is 11.1. The molecule has 0 aliphatic carbocycles. The molecule has 0 saturated heterocycles. The van der Waals surface area contributed by atoms with Crippen molar-refractivity contribution >= 4 is 11.9 Å². The molecule has 0 amide bonds. The molecule has 0 radical (unpaired) electrons. The van der Waals surface area contributed by atoms with E-state index in [0.717, 1.165) is 0 Å². The molecule has 0 aromatic rings. The average molecular weight is 217 g/mol. The number of esters is 1. The van der Waals surface area contributed by atoms with Gasteiger partial charge in [-0.1, -0.05) is 6.58 Å². The number of carbonyl (C=O) groups is 2. The Morgan fingerprint density at radius 2 is 2.07 bits per heavy atom. The molecule has 0 fully saturated rings. The number of hydrogen-bond donors (Lipinski definition) is 3. The van der Waals surface area contributed by atoms with Crippen LogP contribution in [-0.2, 0) is 14.3 Å². The first-order chi connectivity index (χ1) is 6.97. The van der Waals surface area contributed by atoms with Crippen LogP contribution in [0.5, 0.6) is 0 Å². The summed E-state index contributed by atoms with van der Waals surface area (Å²) in [5, 5.41) is 17.5. The van der Waals surface area contributed by atoms with E-state index in [9.17, 15) is 9.59 Å². The number of hydrogen-bond acceptors (Lipinski definition) is 5. The van der Waals surface area contributed by atoms with Gasteiger partial charge in [0.2, 0.25) is 0 Å². The number of rotatable bonds is 7. The summed E-state index contributed by atoms with van der Waals surface area (Å²) >= 11 is 0. The second-order valence-electron chi connectivity index (χ2n) is 3.00. The highest BCUT2D eigenvalue weighted by atomic mass is 16.5. The van der Waals surface area contributed by atoms with Gasteiger partial charge in [-0.2, -0.15) is 0 Å². The van der Waals surface area contributed by atoms with Crippen molar-refractivity contribution in [1.29, 1.82) is 0 Å². The molecule has 0 aromatic heterocycles. The lowest BCUT2D eigenvalue weighted by atomic mass is 10.2. The fourth-order valence-corrected chi connectivity index (χ4v) is 0.804. The monoisotopic (exact) mass is 217 g/mol. The summed E-state index contributed by atoms with van der Waals surface area (Å²) in [6.45, 7) is 3.34. The Hall–Kier alpha value is -1.40. The number of carboxylic acid groups (broad SMARTS) is 1. The van der Waals surface area contributed by atoms with E-state index in [-0.39, 0.29) is 18.7 Å². The van der Waals surface area contributed by atoms with E-state index in [0.29, 0.717) is 6.42 Å². The molecule has 1 atom stereocenters. The minimum atomic E-state index is -1.15. The topological polar surface area (TPSA) is 110 Å². The van der Waals surface area contributed by atoms with Gasteiger partial charge in [0.05, 0.1) is 12.5 Å². The van der Waals surface area contributed by atoms with Crippen LogP contribution >= 0.6 is 0 Å². The van der Waals surface area contributed by atoms with Crippen molar-refractivity contribution in [3.8, 4) is 0 Å². The Balaban J connectivity index is 3.83. The van der Waals surface area contributed by atoms with E-state index in [4.69, 9.17) is 15.9 Å². The molecule has 0 heterocycles. The van der Waals surface area contributed by atoms with Gasteiger partial charge < -0.3 is 20.7 Å². The van der Waals surface area contributed by atoms with E-state index in [2.05, 4.69) is 11.3 Å². The molecule has 6 nitrogen and oxygen atoms in total. The Labute approximate surface area is 87.3 Å². The van der Waals surface area contributed by atoms with E-state index in [1.54, 1.807) is 0 Å². The lowest BCUT2D eigenvalue weighted by Gasteiger charge is -2.10. The summed E-state index contributed by atoms with van der Waals surface area (Å²) in [5.74, 6) is -1.96. The third-order valence-corrected chi connectivity index (χ3v) is 1.56. The van der Waals surface area contributed by atoms with Crippen LogP contribution < -0.4 is 5.73 Å². The number of aliphatic hydroxyl groups is 1. The fraction of sp³-hybridized carbons (Fsp3) is 0.556. The van der Waals surface area contributed by atoms with Crippen molar-refractivity contribution in [2.24, 2.45) is 5.73 Å². The van der Waals surface area contributed by atoms with Crippen molar-refractivity contribution in [3.05, 3.63) is 12.2 Å². The second-order valence-corrected chi connectivity index (χ2v) is 3.00. The third-order valence-electron chi connectivity index (χ3n) is 1.56. The molecule has 15 heavy (non-hydrogen) atoms. The number of carbonyl (C=O) groups excluding carboxylic acids is 1.